The maximum absolute atomic E-state index is 12.0. The van der Waals surface area contributed by atoms with Crippen molar-refractivity contribution in [3.05, 3.63) is 28.8 Å². The predicted octanol–water partition coefficient (Wildman–Crippen LogP) is 2.58. The average molecular weight is 347 g/mol. The van der Waals surface area contributed by atoms with E-state index < -0.39 is 15.4 Å². The van der Waals surface area contributed by atoms with Crippen molar-refractivity contribution in [1.82, 2.24) is 5.32 Å². The van der Waals surface area contributed by atoms with Crippen LogP contribution in [0.5, 0.6) is 0 Å². The van der Waals surface area contributed by atoms with Crippen molar-refractivity contribution in [3.63, 3.8) is 0 Å². The number of carbonyl (C=O) groups is 1. The van der Waals surface area contributed by atoms with Gasteiger partial charge in [-0.05, 0) is 24.6 Å². The van der Waals surface area contributed by atoms with Gasteiger partial charge in [-0.2, -0.15) is 0 Å². The molecule has 0 aliphatic carbocycles. The Morgan fingerprint density at radius 2 is 1.91 bits per heavy atom. The van der Waals surface area contributed by atoms with E-state index in [1.807, 2.05) is 6.92 Å². The fourth-order valence-electron chi connectivity index (χ4n) is 1.76. The number of halogens is 1. The molecule has 0 aromatic heterocycles. The summed E-state index contributed by atoms with van der Waals surface area (Å²) in [5.74, 6) is -0.122. The van der Waals surface area contributed by atoms with Crippen molar-refractivity contribution in [2.45, 2.75) is 27.7 Å². The van der Waals surface area contributed by atoms with Gasteiger partial charge in [0.05, 0.1) is 18.5 Å². The smallest absolute Gasteiger partial charge is 0.232 e. The molecule has 0 aliphatic heterocycles. The van der Waals surface area contributed by atoms with Crippen molar-refractivity contribution in [1.29, 1.82) is 0 Å². The van der Waals surface area contributed by atoms with E-state index >= 15 is 0 Å². The summed E-state index contributed by atoms with van der Waals surface area (Å²) in [5, 5.41) is 3.25. The second kappa shape index (κ2) is 6.87. The van der Waals surface area contributed by atoms with Gasteiger partial charge in [0.2, 0.25) is 15.9 Å². The molecule has 5 nitrogen and oxygen atoms in total. The molecule has 124 valence electrons. The Bertz CT molecular complexity index is 651. The Hall–Kier alpha value is -1.27. The topological polar surface area (TPSA) is 66.5 Å². The molecule has 1 aromatic carbocycles. The van der Waals surface area contributed by atoms with Gasteiger partial charge in [0.15, 0.2) is 0 Å². The van der Waals surface area contributed by atoms with E-state index in [-0.39, 0.29) is 19.0 Å². The zero-order valence-corrected chi connectivity index (χ0v) is 15.2. The highest BCUT2D eigenvalue weighted by Crippen LogP contribution is 2.24. The Morgan fingerprint density at radius 1 is 1.32 bits per heavy atom. The molecule has 0 saturated heterocycles. The summed E-state index contributed by atoms with van der Waals surface area (Å²) in [4.78, 5) is 11.8. The largest absolute Gasteiger partial charge is 0.354 e. The van der Waals surface area contributed by atoms with Gasteiger partial charge < -0.3 is 5.32 Å². The molecule has 0 atom stereocenters. The van der Waals surface area contributed by atoms with Crippen LogP contribution in [0.25, 0.3) is 0 Å². The molecule has 1 rings (SSSR count). The Labute approximate surface area is 137 Å². The first-order valence-electron chi connectivity index (χ1n) is 6.95. The third kappa shape index (κ3) is 5.18. The van der Waals surface area contributed by atoms with Crippen LogP contribution in [-0.2, 0) is 14.8 Å². The minimum absolute atomic E-state index is 0.122. The Kier molecular flexibility index (Phi) is 5.87. The second-order valence-electron chi connectivity index (χ2n) is 6.27. The van der Waals surface area contributed by atoms with E-state index in [0.717, 1.165) is 11.8 Å². The summed E-state index contributed by atoms with van der Waals surface area (Å²) in [7, 11) is -3.46. The molecular formula is C15H23ClN2O3S. The van der Waals surface area contributed by atoms with E-state index in [2.05, 4.69) is 5.32 Å². The number of carbonyl (C=O) groups excluding carboxylic acids is 1. The van der Waals surface area contributed by atoms with Crippen molar-refractivity contribution < 1.29 is 13.2 Å². The fourth-order valence-corrected chi connectivity index (χ4v) is 2.85. The molecule has 7 heteroatoms. The van der Waals surface area contributed by atoms with Gasteiger partial charge in [0.1, 0.15) is 0 Å². The van der Waals surface area contributed by atoms with E-state index in [1.54, 1.807) is 39.0 Å². The molecule has 0 fully saturated rings. The summed E-state index contributed by atoms with van der Waals surface area (Å²) in [5.41, 5.74) is 0.853. The highest BCUT2D eigenvalue weighted by molar-refractivity contribution is 7.92. The summed E-state index contributed by atoms with van der Waals surface area (Å²) < 4.78 is 25.2. The van der Waals surface area contributed by atoms with Crippen LogP contribution in [-0.4, -0.2) is 33.7 Å². The van der Waals surface area contributed by atoms with E-state index in [4.69, 9.17) is 11.6 Å². The number of anilines is 1. The first-order valence-corrected chi connectivity index (χ1v) is 9.17. The molecule has 1 amide bonds. The van der Waals surface area contributed by atoms with Crippen molar-refractivity contribution in [3.8, 4) is 0 Å². The first-order chi connectivity index (χ1) is 9.93. The lowest BCUT2D eigenvalue weighted by molar-refractivity contribution is -0.128. The molecule has 1 aromatic rings. The molecule has 0 radical (unpaired) electrons. The molecule has 0 heterocycles. The Morgan fingerprint density at radius 3 is 2.36 bits per heavy atom. The van der Waals surface area contributed by atoms with Crippen LogP contribution in [0, 0.1) is 12.3 Å². The molecular weight excluding hydrogens is 324 g/mol. The number of nitrogens with zero attached hydrogens (tertiary/aromatic N) is 1. The summed E-state index contributed by atoms with van der Waals surface area (Å²) >= 11 is 6.06. The number of benzene rings is 1. The first kappa shape index (κ1) is 18.8. The van der Waals surface area contributed by atoms with Gasteiger partial charge in [-0.25, -0.2) is 8.42 Å². The molecule has 22 heavy (non-hydrogen) atoms. The quantitative estimate of drug-likeness (QED) is 0.891. The van der Waals surface area contributed by atoms with Crippen LogP contribution in [0.1, 0.15) is 26.3 Å². The number of nitrogens with one attached hydrogen (secondary N) is 1. The minimum Gasteiger partial charge on any atom is -0.354 e. The van der Waals surface area contributed by atoms with Crippen molar-refractivity contribution >= 4 is 33.2 Å². The number of amides is 1. The highest BCUT2D eigenvalue weighted by atomic mass is 35.5. The lowest BCUT2D eigenvalue weighted by Crippen LogP contribution is -2.41. The maximum atomic E-state index is 12.0. The molecule has 0 saturated carbocycles. The van der Waals surface area contributed by atoms with E-state index in [9.17, 15) is 13.2 Å². The third-order valence-electron chi connectivity index (χ3n) is 3.13. The lowest BCUT2D eigenvalue weighted by Gasteiger charge is -2.24. The summed E-state index contributed by atoms with van der Waals surface area (Å²) in [6, 6.07) is 5.08. The molecule has 0 aliphatic rings. The molecule has 1 N–H and O–H groups in total. The van der Waals surface area contributed by atoms with Gasteiger partial charge in [-0.3, -0.25) is 9.10 Å². The highest BCUT2D eigenvalue weighted by Gasteiger charge is 2.22. The normalized spacial score (nSPS) is 12.1. The molecule has 0 unspecified atom stereocenters. The average Bonchev–Trinajstić information content (AvgIpc) is 2.35. The monoisotopic (exact) mass is 346 g/mol. The van der Waals surface area contributed by atoms with Gasteiger partial charge in [0, 0.05) is 17.0 Å². The molecule has 0 spiro atoms. The van der Waals surface area contributed by atoms with Gasteiger partial charge in [-0.15, -0.1) is 0 Å². The van der Waals surface area contributed by atoms with Gasteiger partial charge in [0.25, 0.3) is 0 Å². The van der Waals surface area contributed by atoms with Gasteiger partial charge >= 0.3 is 0 Å². The lowest BCUT2D eigenvalue weighted by atomic mass is 9.96. The Balaban J connectivity index is 2.88. The predicted molar refractivity (Wildman–Crippen MR) is 90.8 cm³/mol. The van der Waals surface area contributed by atoms with Crippen LogP contribution in [0.3, 0.4) is 0 Å². The van der Waals surface area contributed by atoms with Crippen molar-refractivity contribution in [2.75, 3.05) is 23.7 Å². The number of hydrogen-bond donors (Lipinski definition) is 1. The molecule has 0 bridgehead atoms. The number of hydrogen-bond acceptors (Lipinski definition) is 3. The fraction of sp³-hybridized carbons (Fsp3) is 0.533. The SMILES string of the molecule is Cc1ccc(N(CCNC(=O)C(C)(C)C)S(C)(=O)=O)cc1Cl. The summed E-state index contributed by atoms with van der Waals surface area (Å²) in [6.45, 7) is 7.64. The van der Waals surface area contributed by atoms with Gasteiger partial charge in [-0.1, -0.05) is 38.4 Å². The van der Waals surface area contributed by atoms with E-state index in [1.165, 1.54) is 4.31 Å². The minimum atomic E-state index is -3.46. The van der Waals surface area contributed by atoms with Crippen molar-refractivity contribution in [2.24, 2.45) is 5.41 Å². The van der Waals surface area contributed by atoms with Crippen LogP contribution >= 0.6 is 11.6 Å². The summed E-state index contributed by atoms with van der Waals surface area (Å²) in [6.07, 6.45) is 1.13. The standard InChI is InChI=1S/C15H23ClN2O3S/c1-11-6-7-12(10-13(11)16)18(22(5,20)21)9-8-17-14(19)15(2,3)4/h6-7,10H,8-9H2,1-5H3,(H,17,19). The zero-order chi connectivity index (χ0) is 17.1. The third-order valence-corrected chi connectivity index (χ3v) is 4.73. The van der Waals surface area contributed by atoms with Crippen LogP contribution in [0.15, 0.2) is 18.2 Å². The zero-order valence-electron chi connectivity index (χ0n) is 13.6. The second-order valence-corrected chi connectivity index (χ2v) is 8.59. The van der Waals surface area contributed by atoms with Crippen LogP contribution in [0.4, 0.5) is 5.69 Å². The van der Waals surface area contributed by atoms with E-state index in [0.29, 0.717) is 10.7 Å². The number of sulfonamides is 1. The van der Waals surface area contributed by atoms with Crippen LogP contribution in [0.2, 0.25) is 5.02 Å². The number of aryl methyl sites for hydroxylation is 1. The number of rotatable bonds is 5. The maximum Gasteiger partial charge on any atom is 0.232 e. The van der Waals surface area contributed by atoms with Crippen LogP contribution < -0.4 is 9.62 Å².